The number of aromatic nitrogens is 1. The quantitative estimate of drug-likeness (QED) is 0.800. The number of pyridine rings is 1. The summed E-state index contributed by atoms with van der Waals surface area (Å²) in [6, 6.07) is 9.70. The van der Waals surface area contributed by atoms with Crippen LogP contribution in [0.1, 0.15) is 28.8 Å². The first-order chi connectivity index (χ1) is 12.2. The number of nitrogens with zero attached hydrogens (tertiary/aromatic N) is 2. The fraction of sp³-hybridized carbons (Fsp3) is 0.368. The molecule has 1 saturated carbocycles. The largest absolute Gasteiger partial charge is 0.451 e. The topological polar surface area (TPSA) is 51.7 Å². The molecule has 1 aromatic heterocycles. The van der Waals surface area contributed by atoms with E-state index in [-0.39, 0.29) is 5.82 Å². The summed E-state index contributed by atoms with van der Waals surface area (Å²) in [6.07, 6.45) is 3.06. The van der Waals surface area contributed by atoms with Gasteiger partial charge in [-0.1, -0.05) is 12.1 Å². The molecular weight excluding hydrogens is 323 g/mol. The second-order valence-electron chi connectivity index (χ2n) is 6.40. The zero-order valence-corrected chi connectivity index (χ0v) is 13.8. The number of halogens is 1. The lowest BCUT2D eigenvalue weighted by atomic mass is 10.1. The molecule has 0 spiro atoms. The zero-order valence-electron chi connectivity index (χ0n) is 13.8. The Labute approximate surface area is 145 Å². The molecule has 0 atom stereocenters. The standard InChI is InChI=1S/C19H19FN2O3/c20-16-4-2-15(3-5-16)19(7-8-19)25-18(23)14-1-6-17(21-13-14)22-9-11-24-12-10-22/h1-6,13H,7-12H2. The van der Waals surface area contributed by atoms with Crippen molar-refractivity contribution in [2.24, 2.45) is 0 Å². The van der Waals surface area contributed by atoms with Gasteiger partial charge in [0, 0.05) is 19.3 Å². The average Bonchev–Trinajstić information content (AvgIpc) is 3.43. The second-order valence-corrected chi connectivity index (χ2v) is 6.40. The first-order valence-corrected chi connectivity index (χ1v) is 8.44. The Morgan fingerprint density at radius 1 is 1.12 bits per heavy atom. The van der Waals surface area contributed by atoms with Gasteiger partial charge in [-0.3, -0.25) is 0 Å². The van der Waals surface area contributed by atoms with Gasteiger partial charge in [0.15, 0.2) is 0 Å². The van der Waals surface area contributed by atoms with Crippen LogP contribution in [0.25, 0.3) is 0 Å². The molecule has 1 aromatic carbocycles. The fourth-order valence-electron chi connectivity index (χ4n) is 3.04. The molecule has 4 rings (SSSR count). The molecule has 0 N–H and O–H groups in total. The summed E-state index contributed by atoms with van der Waals surface area (Å²) in [5.74, 6) is 0.135. The van der Waals surface area contributed by atoms with Gasteiger partial charge in [-0.15, -0.1) is 0 Å². The lowest BCUT2D eigenvalue weighted by Crippen LogP contribution is -2.36. The number of rotatable bonds is 4. The molecule has 1 aliphatic heterocycles. The van der Waals surface area contributed by atoms with Crippen LogP contribution < -0.4 is 4.90 Å². The van der Waals surface area contributed by atoms with E-state index in [1.807, 2.05) is 6.07 Å². The van der Waals surface area contributed by atoms with Crippen LogP contribution in [0.3, 0.4) is 0 Å². The molecule has 2 heterocycles. The molecule has 0 radical (unpaired) electrons. The molecule has 0 amide bonds. The highest BCUT2D eigenvalue weighted by Gasteiger charge is 2.48. The monoisotopic (exact) mass is 342 g/mol. The Bertz CT molecular complexity index is 751. The fourth-order valence-corrected chi connectivity index (χ4v) is 3.04. The number of hydrogen-bond acceptors (Lipinski definition) is 5. The van der Waals surface area contributed by atoms with Crippen molar-refractivity contribution in [3.05, 3.63) is 59.5 Å². The summed E-state index contributed by atoms with van der Waals surface area (Å²) in [7, 11) is 0. The molecule has 130 valence electrons. The van der Waals surface area contributed by atoms with Gasteiger partial charge in [-0.05, 0) is 42.7 Å². The Morgan fingerprint density at radius 3 is 2.44 bits per heavy atom. The minimum absolute atomic E-state index is 0.297. The van der Waals surface area contributed by atoms with Crippen LogP contribution in [-0.4, -0.2) is 37.3 Å². The minimum atomic E-state index is -0.617. The summed E-state index contributed by atoms with van der Waals surface area (Å²) in [5.41, 5.74) is 0.638. The van der Waals surface area contributed by atoms with Crippen molar-refractivity contribution in [1.82, 2.24) is 4.98 Å². The van der Waals surface area contributed by atoms with Crippen molar-refractivity contribution in [2.75, 3.05) is 31.2 Å². The highest BCUT2D eigenvalue weighted by Crippen LogP contribution is 2.49. The molecule has 2 aromatic rings. The van der Waals surface area contributed by atoms with Gasteiger partial charge in [-0.2, -0.15) is 0 Å². The number of carbonyl (C=O) groups is 1. The van der Waals surface area contributed by atoms with Crippen molar-refractivity contribution in [3.63, 3.8) is 0 Å². The third-order valence-corrected chi connectivity index (χ3v) is 4.68. The Balaban J connectivity index is 1.45. The summed E-state index contributed by atoms with van der Waals surface area (Å²) in [6.45, 7) is 2.96. The van der Waals surface area contributed by atoms with Crippen molar-refractivity contribution >= 4 is 11.8 Å². The van der Waals surface area contributed by atoms with Crippen LogP contribution in [0.2, 0.25) is 0 Å². The number of hydrogen-bond donors (Lipinski definition) is 0. The number of morpholine rings is 1. The summed E-state index contributed by atoms with van der Waals surface area (Å²) in [4.78, 5) is 19.0. The van der Waals surface area contributed by atoms with Crippen LogP contribution in [0.5, 0.6) is 0 Å². The molecule has 1 saturated heterocycles. The highest BCUT2D eigenvalue weighted by atomic mass is 19.1. The molecule has 2 aliphatic rings. The Morgan fingerprint density at radius 2 is 1.84 bits per heavy atom. The third kappa shape index (κ3) is 3.35. The van der Waals surface area contributed by atoms with Crippen molar-refractivity contribution < 1.29 is 18.7 Å². The van der Waals surface area contributed by atoms with Crippen LogP contribution in [0.15, 0.2) is 42.6 Å². The van der Waals surface area contributed by atoms with E-state index >= 15 is 0 Å². The summed E-state index contributed by atoms with van der Waals surface area (Å²) < 4.78 is 24.1. The predicted molar refractivity (Wildman–Crippen MR) is 90.0 cm³/mol. The normalized spacial score (nSPS) is 18.7. The Kier molecular flexibility index (Phi) is 4.13. The van der Waals surface area contributed by atoms with Gasteiger partial charge in [0.25, 0.3) is 0 Å². The lowest BCUT2D eigenvalue weighted by molar-refractivity contribution is 0.0214. The van der Waals surface area contributed by atoms with E-state index in [1.165, 1.54) is 12.1 Å². The average molecular weight is 342 g/mol. The maximum Gasteiger partial charge on any atom is 0.340 e. The van der Waals surface area contributed by atoms with E-state index in [0.29, 0.717) is 18.8 Å². The maximum absolute atomic E-state index is 13.1. The molecule has 25 heavy (non-hydrogen) atoms. The first kappa shape index (κ1) is 16.0. The van der Waals surface area contributed by atoms with Gasteiger partial charge < -0.3 is 14.4 Å². The Hall–Kier alpha value is -2.47. The smallest absolute Gasteiger partial charge is 0.340 e. The molecule has 0 bridgehead atoms. The summed E-state index contributed by atoms with van der Waals surface area (Å²) in [5, 5.41) is 0. The van der Waals surface area contributed by atoms with Gasteiger partial charge >= 0.3 is 5.97 Å². The van der Waals surface area contributed by atoms with E-state index in [4.69, 9.17) is 9.47 Å². The van der Waals surface area contributed by atoms with Crippen LogP contribution in [0.4, 0.5) is 10.2 Å². The van der Waals surface area contributed by atoms with Crippen molar-refractivity contribution in [2.45, 2.75) is 18.4 Å². The number of ether oxygens (including phenoxy) is 2. The SMILES string of the molecule is O=C(OC1(c2ccc(F)cc2)CC1)c1ccc(N2CCOCC2)nc1. The molecule has 2 fully saturated rings. The van der Waals surface area contributed by atoms with Gasteiger partial charge in [0.05, 0.1) is 18.8 Å². The highest BCUT2D eigenvalue weighted by molar-refractivity contribution is 5.89. The summed E-state index contributed by atoms with van der Waals surface area (Å²) >= 11 is 0. The van der Waals surface area contributed by atoms with Crippen LogP contribution >= 0.6 is 0 Å². The number of carbonyl (C=O) groups excluding carboxylic acids is 1. The van der Waals surface area contributed by atoms with Crippen molar-refractivity contribution in [3.8, 4) is 0 Å². The van der Waals surface area contributed by atoms with Gasteiger partial charge in [0.2, 0.25) is 0 Å². The molecule has 6 heteroatoms. The van der Waals surface area contributed by atoms with E-state index in [0.717, 1.165) is 37.3 Å². The maximum atomic E-state index is 13.1. The van der Waals surface area contributed by atoms with E-state index in [9.17, 15) is 9.18 Å². The van der Waals surface area contributed by atoms with Crippen LogP contribution in [-0.2, 0) is 15.1 Å². The lowest BCUT2D eigenvalue weighted by Gasteiger charge is -2.27. The van der Waals surface area contributed by atoms with E-state index in [1.54, 1.807) is 24.4 Å². The molecule has 1 aliphatic carbocycles. The van der Waals surface area contributed by atoms with E-state index in [2.05, 4.69) is 9.88 Å². The third-order valence-electron chi connectivity index (χ3n) is 4.68. The molecule has 0 unspecified atom stereocenters. The zero-order chi connectivity index (χ0) is 17.3. The van der Waals surface area contributed by atoms with Gasteiger partial charge in [-0.25, -0.2) is 14.2 Å². The van der Waals surface area contributed by atoms with Crippen molar-refractivity contribution in [1.29, 1.82) is 0 Å². The number of anilines is 1. The number of benzene rings is 1. The first-order valence-electron chi connectivity index (χ1n) is 8.44. The predicted octanol–water partition coefficient (Wildman–Crippen LogP) is 2.90. The van der Waals surface area contributed by atoms with E-state index < -0.39 is 11.6 Å². The molecule has 5 nitrogen and oxygen atoms in total. The molecular formula is C19H19FN2O3. The minimum Gasteiger partial charge on any atom is -0.451 e. The number of esters is 1. The second kappa shape index (κ2) is 6.44. The van der Waals surface area contributed by atoms with Crippen LogP contribution in [0, 0.1) is 5.82 Å². The van der Waals surface area contributed by atoms with Gasteiger partial charge in [0.1, 0.15) is 17.2 Å².